The number of fused-ring (bicyclic) bond motifs is 3. The van der Waals surface area contributed by atoms with Crippen molar-refractivity contribution in [3.8, 4) is 11.1 Å². The number of carboxylic acid groups (broad SMARTS) is 1. The monoisotopic (exact) mass is 532 g/mol. The van der Waals surface area contributed by atoms with E-state index in [4.69, 9.17) is 14.2 Å². The molecule has 3 unspecified atom stereocenters. The molecule has 4 rings (SSSR count). The summed E-state index contributed by atoms with van der Waals surface area (Å²) in [5, 5.41) is 14.3. The van der Waals surface area contributed by atoms with Crippen LogP contribution in [0.2, 0.25) is 0 Å². The van der Waals surface area contributed by atoms with Crippen LogP contribution in [0, 0.1) is 0 Å². The van der Waals surface area contributed by atoms with E-state index in [0.29, 0.717) is 0 Å². The van der Waals surface area contributed by atoms with Gasteiger partial charge < -0.3 is 30.0 Å². The fraction of sp³-hybridized carbons (Fsp3) is 0.300. The summed E-state index contributed by atoms with van der Waals surface area (Å²) < 4.78 is 16.4. The number of hydrogen-bond acceptors (Lipinski definition) is 6. The van der Waals surface area contributed by atoms with Crippen molar-refractivity contribution in [3.05, 3.63) is 95.6 Å². The van der Waals surface area contributed by atoms with Gasteiger partial charge in [0.15, 0.2) is 6.10 Å². The van der Waals surface area contributed by atoms with Crippen molar-refractivity contribution in [2.75, 3.05) is 20.3 Å². The number of ether oxygens (including phenoxy) is 3. The molecule has 0 saturated heterocycles. The summed E-state index contributed by atoms with van der Waals surface area (Å²) >= 11 is 0. The Morgan fingerprint density at radius 3 is 2.08 bits per heavy atom. The highest BCUT2D eigenvalue weighted by Crippen LogP contribution is 2.44. The molecule has 1 aliphatic carbocycles. The van der Waals surface area contributed by atoms with Crippen LogP contribution in [-0.4, -0.2) is 61.6 Å². The number of rotatable bonds is 12. The molecule has 9 nitrogen and oxygen atoms in total. The molecule has 0 aliphatic heterocycles. The van der Waals surface area contributed by atoms with Crippen molar-refractivity contribution in [1.29, 1.82) is 0 Å². The third kappa shape index (κ3) is 6.81. The number of carbonyl (C=O) groups is 3. The predicted molar refractivity (Wildman–Crippen MR) is 144 cm³/mol. The first-order chi connectivity index (χ1) is 18.9. The molecule has 0 spiro atoms. The average molecular weight is 533 g/mol. The lowest BCUT2D eigenvalue weighted by Gasteiger charge is -2.25. The van der Waals surface area contributed by atoms with Crippen molar-refractivity contribution >= 4 is 18.0 Å². The smallest absolute Gasteiger partial charge is 0.407 e. The molecule has 3 aromatic carbocycles. The number of alkyl carbamates (subject to hydrolysis) is 1. The van der Waals surface area contributed by atoms with E-state index >= 15 is 0 Å². The van der Waals surface area contributed by atoms with Gasteiger partial charge in [0.05, 0.1) is 19.3 Å². The van der Waals surface area contributed by atoms with E-state index in [1.54, 1.807) is 6.92 Å². The van der Waals surface area contributed by atoms with Crippen LogP contribution in [0.3, 0.4) is 0 Å². The summed E-state index contributed by atoms with van der Waals surface area (Å²) in [4.78, 5) is 37.3. The summed E-state index contributed by atoms with van der Waals surface area (Å²) in [7, 11) is 1.24. The summed E-state index contributed by atoms with van der Waals surface area (Å²) in [6.07, 6.45) is -2.77. The normalized spacial score (nSPS) is 14.4. The zero-order valence-electron chi connectivity index (χ0n) is 21.8. The molecular formula is C30H32N2O7. The van der Waals surface area contributed by atoms with Crippen LogP contribution in [0.1, 0.15) is 29.5 Å². The third-order valence-corrected chi connectivity index (χ3v) is 6.75. The average Bonchev–Trinajstić information content (AvgIpc) is 3.27. The van der Waals surface area contributed by atoms with Gasteiger partial charge in [0.2, 0.25) is 5.91 Å². The van der Waals surface area contributed by atoms with Crippen LogP contribution < -0.4 is 10.6 Å². The van der Waals surface area contributed by atoms with Crippen LogP contribution in [0.4, 0.5) is 4.79 Å². The molecule has 3 aromatic rings. The maximum atomic E-state index is 13.1. The van der Waals surface area contributed by atoms with E-state index in [-0.39, 0.29) is 25.7 Å². The highest BCUT2D eigenvalue weighted by atomic mass is 16.6. The number of methoxy groups -OCH3 is 1. The van der Waals surface area contributed by atoms with E-state index in [9.17, 15) is 19.5 Å². The lowest BCUT2D eigenvalue weighted by atomic mass is 9.98. The Bertz CT molecular complexity index is 1250. The molecule has 0 saturated carbocycles. The molecule has 2 amide bonds. The van der Waals surface area contributed by atoms with Gasteiger partial charge in [-0.15, -0.1) is 0 Å². The topological polar surface area (TPSA) is 123 Å². The third-order valence-electron chi connectivity index (χ3n) is 6.75. The van der Waals surface area contributed by atoms with E-state index in [2.05, 4.69) is 10.6 Å². The van der Waals surface area contributed by atoms with Crippen LogP contribution in [0.25, 0.3) is 11.1 Å². The summed E-state index contributed by atoms with van der Waals surface area (Å²) in [6.45, 7) is 1.67. The SMILES string of the molecule is COC(CNC(=O)C(NC(=O)OCC1c2ccccc2-c2ccccc21)C(C)OCc1ccccc1)C(=O)O. The molecule has 204 valence electrons. The van der Waals surface area contributed by atoms with Gasteiger partial charge in [-0.25, -0.2) is 9.59 Å². The lowest BCUT2D eigenvalue weighted by Crippen LogP contribution is -2.54. The summed E-state index contributed by atoms with van der Waals surface area (Å²) in [5.41, 5.74) is 5.25. The minimum atomic E-state index is -1.23. The fourth-order valence-corrected chi connectivity index (χ4v) is 4.64. The van der Waals surface area contributed by atoms with Gasteiger partial charge in [-0.1, -0.05) is 78.9 Å². The van der Waals surface area contributed by atoms with Gasteiger partial charge in [-0.2, -0.15) is 0 Å². The minimum Gasteiger partial charge on any atom is -0.479 e. The Balaban J connectivity index is 1.43. The van der Waals surface area contributed by atoms with E-state index in [1.807, 2.05) is 78.9 Å². The van der Waals surface area contributed by atoms with Crippen molar-refractivity contribution in [2.45, 2.75) is 37.7 Å². The Kier molecular flexibility index (Phi) is 9.30. The molecule has 3 N–H and O–H groups in total. The van der Waals surface area contributed by atoms with Crippen LogP contribution in [0.5, 0.6) is 0 Å². The van der Waals surface area contributed by atoms with Crippen molar-refractivity contribution in [1.82, 2.24) is 10.6 Å². The first-order valence-corrected chi connectivity index (χ1v) is 12.7. The van der Waals surface area contributed by atoms with Crippen molar-refractivity contribution < 1.29 is 33.7 Å². The standard InChI is InChI=1S/C30H32N2O7/c1-19(38-17-20-10-4-3-5-11-20)27(28(33)31-16-26(37-2)29(34)35)32-30(36)39-18-25-23-14-8-6-12-21(23)22-13-7-9-15-24(22)25/h3-15,19,25-27H,16-18H2,1-2H3,(H,31,33)(H,32,36)(H,34,35). The summed E-state index contributed by atoms with van der Waals surface area (Å²) in [5.74, 6) is -1.97. The Morgan fingerprint density at radius 2 is 1.49 bits per heavy atom. The molecular weight excluding hydrogens is 500 g/mol. The molecule has 9 heteroatoms. The van der Waals surface area contributed by atoms with E-state index in [0.717, 1.165) is 27.8 Å². The maximum Gasteiger partial charge on any atom is 0.407 e. The molecule has 0 radical (unpaired) electrons. The number of hydrogen-bond donors (Lipinski definition) is 3. The molecule has 0 bridgehead atoms. The highest BCUT2D eigenvalue weighted by molar-refractivity contribution is 5.87. The largest absolute Gasteiger partial charge is 0.479 e. The van der Waals surface area contributed by atoms with Gasteiger partial charge in [0.1, 0.15) is 12.6 Å². The highest BCUT2D eigenvalue weighted by Gasteiger charge is 2.32. The molecule has 0 fully saturated rings. The second kappa shape index (κ2) is 13.0. The number of aliphatic carboxylic acids is 1. The summed E-state index contributed by atoms with van der Waals surface area (Å²) in [6, 6.07) is 24.3. The lowest BCUT2D eigenvalue weighted by molar-refractivity contribution is -0.148. The van der Waals surface area contributed by atoms with Crippen LogP contribution in [0.15, 0.2) is 78.9 Å². The number of nitrogens with one attached hydrogen (secondary N) is 2. The quantitative estimate of drug-likeness (QED) is 0.325. The second-order valence-corrected chi connectivity index (χ2v) is 9.26. The predicted octanol–water partition coefficient (Wildman–Crippen LogP) is 3.71. The molecule has 1 aliphatic rings. The molecule has 39 heavy (non-hydrogen) atoms. The number of amides is 2. The number of benzene rings is 3. The minimum absolute atomic E-state index is 0.0816. The van der Waals surface area contributed by atoms with E-state index < -0.39 is 36.2 Å². The van der Waals surface area contributed by atoms with Gasteiger partial charge in [-0.05, 0) is 34.7 Å². The second-order valence-electron chi connectivity index (χ2n) is 9.26. The molecule has 0 aromatic heterocycles. The number of carbonyl (C=O) groups excluding carboxylic acids is 2. The van der Waals surface area contributed by atoms with Gasteiger partial charge in [-0.3, -0.25) is 4.79 Å². The number of carboxylic acids is 1. The Morgan fingerprint density at radius 1 is 0.897 bits per heavy atom. The van der Waals surface area contributed by atoms with Crippen LogP contribution in [-0.2, 0) is 30.4 Å². The van der Waals surface area contributed by atoms with E-state index in [1.165, 1.54) is 7.11 Å². The molecule has 3 atom stereocenters. The maximum absolute atomic E-state index is 13.1. The Labute approximate surface area is 227 Å². The fourth-order valence-electron chi connectivity index (χ4n) is 4.64. The van der Waals surface area contributed by atoms with Crippen molar-refractivity contribution in [3.63, 3.8) is 0 Å². The zero-order chi connectivity index (χ0) is 27.8. The first-order valence-electron chi connectivity index (χ1n) is 12.7. The zero-order valence-corrected chi connectivity index (χ0v) is 21.8. The van der Waals surface area contributed by atoms with Crippen LogP contribution >= 0.6 is 0 Å². The van der Waals surface area contributed by atoms with Gasteiger partial charge >= 0.3 is 12.1 Å². The first kappa shape index (κ1) is 27.8. The molecule has 0 heterocycles. The Hall–Kier alpha value is -4.21. The van der Waals surface area contributed by atoms with Gasteiger partial charge in [0.25, 0.3) is 0 Å². The van der Waals surface area contributed by atoms with Crippen molar-refractivity contribution in [2.24, 2.45) is 0 Å². The van der Waals surface area contributed by atoms with Gasteiger partial charge in [0, 0.05) is 13.0 Å².